The van der Waals surface area contributed by atoms with Crippen LogP contribution in [-0.2, 0) is 14.3 Å². The molecule has 0 unspecified atom stereocenters. The van der Waals surface area contributed by atoms with Gasteiger partial charge in [0, 0.05) is 6.08 Å². The predicted molar refractivity (Wildman–Crippen MR) is 114 cm³/mol. The fourth-order valence-corrected chi connectivity index (χ4v) is 2.63. The Balaban J connectivity index is 2.01. The molecule has 0 aromatic heterocycles. The molecule has 0 aliphatic heterocycles. The van der Waals surface area contributed by atoms with Gasteiger partial charge in [0.15, 0.2) is 18.1 Å². The van der Waals surface area contributed by atoms with Crippen molar-refractivity contribution in [1.82, 2.24) is 0 Å². The van der Waals surface area contributed by atoms with Crippen LogP contribution in [0.4, 0.5) is 11.4 Å². The second-order valence-corrected chi connectivity index (χ2v) is 6.09. The monoisotopic (exact) mass is 446 g/mol. The molecule has 2 aromatic carbocycles. The Hall–Kier alpha value is -4.28. The second kappa shape index (κ2) is 11.2. The summed E-state index contributed by atoms with van der Waals surface area (Å²) in [7, 11) is 5.76. The number of nitro benzene ring substituents is 1. The minimum Gasteiger partial charge on any atom is -0.496 e. The molecule has 1 amide bonds. The van der Waals surface area contributed by atoms with Crippen LogP contribution in [0.2, 0.25) is 0 Å². The molecule has 0 aliphatic rings. The lowest BCUT2D eigenvalue weighted by molar-refractivity contribution is -0.384. The number of methoxy groups -OCH3 is 4. The Kier molecular flexibility index (Phi) is 8.40. The van der Waals surface area contributed by atoms with Gasteiger partial charge in [0.05, 0.1) is 39.4 Å². The molecule has 0 heterocycles. The zero-order chi connectivity index (χ0) is 23.7. The molecule has 0 atom stereocenters. The Bertz CT molecular complexity index is 1010. The predicted octanol–water partition coefficient (Wildman–Crippen LogP) is 2.82. The number of nitro groups is 1. The Morgan fingerprint density at radius 1 is 1.00 bits per heavy atom. The van der Waals surface area contributed by atoms with Crippen molar-refractivity contribution < 1.29 is 38.2 Å². The number of hydrogen-bond donors (Lipinski definition) is 1. The van der Waals surface area contributed by atoms with Crippen LogP contribution >= 0.6 is 0 Å². The van der Waals surface area contributed by atoms with Crippen molar-refractivity contribution in [1.29, 1.82) is 0 Å². The summed E-state index contributed by atoms with van der Waals surface area (Å²) in [5, 5.41) is 13.5. The van der Waals surface area contributed by atoms with Gasteiger partial charge >= 0.3 is 5.97 Å². The number of hydrogen-bond acceptors (Lipinski definition) is 9. The van der Waals surface area contributed by atoms with Crippen molar-refractivity contribution in [3.63, 3.8) is 0 Å². The summed E-state index contributed by atoms with van der Waals surface area (Å²) in [6.07, 6.45) is 2.56. The Labute approximate surface area is 183 Å². The van der Waals surface area contributed by atoms with E-state index in [2.05, 4.69) is 5.32 Å². The first-order valence-electron chi connectivity index (χ1n) is 9.10. The zero-order valence-corrected chi connectivity index (χ0v) is 17.9. The third kappa shape index (κ3) is 6.11. The molecule has 0 saturated carbocycles. The molecule has 2 aromatic rings. The van der Waals surface area contributed by atoms with E-state index in [1.807, 2.05) is 0 Å². The summed E-state index contributed by atoms with van der Waals surface area (Å²) >= 11 is 0. The zero-order valence-electron chi connectivity index (χ0n) is 17.9. The van der Waals surface area contributed by atoms with Gasteiger partial charge in [0.25, 0.3) is 11.6 Å². The van der Waals surface area contributed by atoms with E-state index < -0.39 is 23.4 Å². The SMILES string of the molecule is COc1ccc(NC(=O)COC(=O)C=Cc2cc(OC)c(OC)c(OC)c2)c([N+](=O)[O-])c1. The van der Waals surface area contributed by atoms with Gasteiger partial charge in [0.1, 0.15) is 11.4 Å². The van der Waals surface area contributed by atoms with Gasteiger partial charge in [-0.25, -0.2) is 4.79 Å². The minimum absolute atomic E-state index is 0.0511. The Morgan fingerprint density at radius 3 is 2.19 bits per heavy atom. The van der Waals surface area contributed by atoms with Crippen molar-refractivity contribution in [2.75, 3.05) is 40.4 Å². The van der Waals surface area contributed by atoms with Gasteiger partial charge in [-0.3, -0.25) is 14.9 Å². The molecule has 0 spiro atoms. The third-order valence-corrected chi connectivity index (χ3v) is 4.12. The van der Waals surface area contributed by atoms with Gasteiger partial charge in [-0.1, -0.05) is 0 Å². The fraction of sp³-hybridized carbons (Fsp3) is 0.238. The molecule has 170 valence electrons. The highest BCUT2D eigenvalue weighted by Gasteiger charge is 2.18. The molecule has 0 bridgehead atoms. The van der Waals surface area contributed by atoms with E-state index in [0.29, 0.717) is 22.8 Å². The number of rotatable bonds is 10. The standard InChI is InChI=1S/C21H22N2O9/c1-28-14-6-7-15(16(11-14)23(26)27)22-19(24)12-32-20(25)8-5-13-9-17(29-2)21(31-4)18(10-13)30-3/h5-11H,12H2,1-4H3,(H,22,24). The first-order chi connectivity index (χ1) is 15.3. The first kappa shape index (κ1) is 24.0. The average molecular weight is 446 g/mol. The maximum Gasteiger partial charge on any atom is 0.331 e. The van der Waals surface area contributed by atoms with E-state index in [1.165, 1.54) is 52.7 Å². The van der Waals surface area contributed by atoms with Crippen LogP contribution in [0.15, 0.2) is 36.4 Å². The first-order valence-corrected chi connectivity index (χ1v) is 9.10. The van der Waals surface area contributed by atoms with Gasteiger partial charge in [-0.2, -0.15) is 0 Å². The van der Waals surface area contributed by atoms with Crippen molar-refractivity contribution in [2.45, 2.75) is 0 Å². The number of ether oxygens (including phenoxy) is 5. The third-order valence-electron chi connectivity index (χ3n) is 4.12. The van der Waals surface area contributed by atoms with E-state index in [0.717, 1.165) is 6.08 Å². The Morgan fingerprint density at radius 2 is 1.66 bits per heavy atom. The van der Waals surface area contributed by atoms with Crippen molar-refractivity contribution in [3.05, 3.63) is 52.1 Å². The van der Waals surface area contributed by atoms with Crippen LogP contribution in [0.1, 0.15) is 5.56 Å². The van der Waals surface area contributed by atoms with Crippen LogP contribution in [0, 0.1) is 10.1 Å². The maximum absolute atomic E-state index is 12.0. The largest absolute Gasteiger partial charge is 0.496 e. The summed E-state index contributed by atoms with van der Waals surface area (Å²) in [6.45, 7) is -0.637. The highest BCUT2D eigenvalue weighted by atomic mass is 16.6. The molecule has 11 heteroatoms. The molecule has 0 radical (unpaired) electrons. The summed E-state index contributed by atoms with van der Waals surface area (Å²) < 4.78 is 25.5. The number of benzene rings is 2. The van der Waals surface area contributed by atoms with Crippen LogP contribution in [0.3, 0.4) is 0 Å². The number of nitrogens with one attached hydrogen (secondary N) is 1. The molecular formula is C21H22N2O9. The highest BCUT2D eigenvalue weighted by Crippen LogP contribution is 2.38. The highest BCUT2D eigenvalue weighted by molar-refractivity contribution is 5.96. The van der Waals surface area contributed by atoms with Gasteiger partial charge in [-0.15, -0.1) is 0 Å². The minimum atomic E-state index is -0.793. The van der Waals surface area contributed by atoms with E-state index in [1.54, 1.807) is 12.1 Å². The van der Waals surface area contributed by atoms with E-state index in [4.69, 9.17) is 23.7 Å². The molecular weight excluding hydrogens is 424 g/mol. The smallest absolute Gasteiger partial charge is 0.331 e. The van der Waals surface area contributed by atoms with E-state index in [-0.39, 0.29) is 17.1 Å². The number of nitrogens with zero attached hydrogens (tertiary/aromatic N) is 1. The lowest BCUT2D eigenvalue weighted by atomic mass is 10.1. The van der Waals surface area contributed by atoms with Gasteiger partial charge < -0.3 is 29.0 Å². The summed E-state index contributed by atoms with van der Waals surface area (Å²) in [5.74, 6) is -0.0660. The maximum atomic E-state index is 12.0. The van der Waals surface area contributed by atoms with Crippen molar-refractivity contribution in [2.24, 2.45) is 0 Å². The number of esters is 1. The molecule has 1 N–H and O–H groups in total. The normalized spacial score (nSPS) is 10.4. The van der Waals surface area contributed by atoms with Gasteiger partial charge in [0.2, 0.25) is 5.75 Å². The fourth-order valence-electron chi connectivity index (χ4n) is 2.63. The van der Waals surface area contributed by atoms with Crippen LogP contribution in [0.5, 0.6) is 23.0 Å². The number of carbonyl (C=O) groups is 2. The average Bonchev–Trinajstić information content (AvgIpc) is 2.80. The molecule has 11 nitrogen and oxygen atoms in total. The molecule has 2 rings (SSSR count). The number of amides is 1. The topological polar surface area (TPSA) is 135 Å². The van der Waals surface area contributed by atoms with Crippen LogP contribution in [-0.4, -0.2) is 51.8 Å². The van der Waals surface area contributed by atoms with Crippen LogP contribution < -0.4 is 24.3 Å². The second-order valence-electron chi connectivity index (χ2n) is 6.09. The summed E-state index contributed by atoms with van der Waals surface area (Å²) in [6, 6.07) is 7.19. The lowest BCUT2D eigenvalue weighted by Gasteiger charge is -2.12. The van der Waals surface area contributed by atoms with Gasteiger partial charge in [-0.05, 0) is 35.9 Å². The summed E-state index contributed by atoms with van der Waals surface area (Å²) in [4.78, 5) is 34.5. The summed E-state index contributed by atoms with van der Waals surface area (Å²) in [5.41, 5.74) is 0.158. The molecule has 0 fully saturated rings. The molecule has 0 saturated heterocycles. The number of carbonyl (C=O) groups excluding carboxylic acids is 2. The number of anilines is 1. The van der Waals surface area contributed by atoms with Crippen molar-refractivity contribution in [3.8, 4) is 23.0 Å². The molecule has 32 heavy (non-hydrogen) atoms. The van der Waals surface area contributed by atoms with E-state index >= 15 is 0 Å². The quantitative estimate of drug-likeness (QED) is 0.253. The molecule has 0 aliphatic carbocycles. The van der Waals surface area contributed by atoms with Crippen molar-refractivity contribution >= 4 is 29.3 Å². The lowest BCUT2D eigenvalue weighted by Crippen LogP contribution is -2.20. The van der Waals surface area contributed by atoms with Crippen LogP contribution in [0.25, 0.3) is 6.08 Å². The van der Waals surface area contributed by atoms with E-state index in [9.17, 15) is 19.7 Å².